The maximum atomic E-state index is 11.8. The van der Waals surface area contributed by atoms with E-state index in [1.165, 1.54) is 36.4 Å². The first-order valence-corrected chi connectivity index (χ1v) is 19.0. The van der Waals surface area contributed by atoms with Crippen LogP contribution in [0.5, 0.6) is 17.2 Å². The van der Waals surface area contributed by atoms with Gasteiger partial charge in [-0.25, -0.2) is 0 Å². The van der Waals surface area contributed by atoms with Crippen LogP contribution in [0.1, 0.15) is 0 Å². The normalized spacial score (nSPS) is 13.8. The molecular formula is C36H30AlO9P3. The zero-order chi connectivity index (χ0) is 34.3. The van der Waals surface area contributed by atoms with E-state index >= 15 is 0 Å². The van der Waals surface area contributed by atoms with Crippen molar-refractivity contribution in [1.82, 2.24) is 0 Å². The standard InChI is InChI=1S/3C12H11O3P.Al/c3*13-16(14,12-9-5-2-6-10-12)15-11-7-3-1-4-8-11;/h3*1-10H,(H,13,14);/q;;;+3/p-3. The van der Waals surface area contributed by atoms with Gasteiger partial charge in [0.15, 0.2) is 0 Å². The molecule has 6 aromatic rings. The number of benzene rings is 6. The molecule has 0 saturated carbocycles. The second kappa shape index (κ2) is 19.1. The molecule has 0 fully saturated rings. The Bertz CT molecular complexity index is 1730. The molecule has 6 aromatic carbocycles. The summed E-state index contributed by atoms with van der Waals surface area (Å²) in [5.41, 5.74) is 0. The fourth-order valence-electron chi connectivity index (χ4n) is 3.85. The molecule has 0 heterocycles. The van der Waals surface area contributed by atoms with Crippen LogP contribution >= 0.6 is 22.8 Å². The topological polar surface area (TPSA) is 148 Å². The van der Waals surface area contributed by atoms with Gasteiger partial charge >= 0.3 is 17.4 Å². The second-order valence-corrected chi connectivity index (χ2v) is 14.8. The van der Waals surface area contributed by atoms with Gasteiger partial charge in [0, 0.05) is 15.9 Å². The van der Waals surface area contributed by atoms with E-state index in [9.17, 15) is 28.4 Å². The molecule has 0 aromatic heterocycles. The van der Waals surface area contributed by atoms with Crippen LogP contribution in [0.4, 0.5) is 0 Å². The van der Waals surface area contributed by atoms with E-state index in [-0.39, 0.29) is 33.3 Å². The smallest absolute Gasteiger partial charge is 0.765 e. The van der Waals surface area contributed by atoms with Crippen LogP contribution in [-0.4, -0.2) is 17.4 Å². The molecule has 9 nitrogen and oxygen atoms in total. The molecule has 0 bridgehead atoms. The third-order valence-corrected chi connectivity index (χ3v) is 10.3. The minimum atomic E-state index is -4.02. The predicted octanol–water partition coefficient (Wildman–Crippen LogP) is 5.45. The maximum absolute atomic E-state index is 11.8. The molecule has 0 amide bonds. The van der Waals surface area contributed by atoms with Crippen molar-refractivity contribution in [3.8, 4) is 17.2 Å². The van der Waals surface area contributed by atoms with Crippen molar-refractivity contribution in [2.45, 2.75) is 0 Å². The molecule has 49 heavy (non-hydrogen) atoms. The van der Waals surface area contributed by atoms with Crippen LogP contribution in [-0.2, 0) is 13.7 Å². The fourth-order valence-corrected chi connectivity index (χ4v) is 6.98. The summed E-state index contributed by atoms with van der Waals surface area (Å²) in [5.74, 6) is 0.971. The summed E-state index contributed by atoms with van der Waals surface area (Å²) >= 11 is 0. The second-order valence-electron chi connectivity index (χ2n) is 9.71. The van der Waals surface area contributed by atoms with Gasteiger partial charge < -0.3 is 28.3 Å². The molecule has 3 atom stereocenters. The molecule has 3 unspecified atom stereocenters. The zero-order valence-corrected chi connectivity index (χ0v) is 29.8. The van der Waals surface area contributed by atoms with Gasteiger partial charge in [0.2, 0.25) is 22.8 Å². The molecule has 0 N–H and O–H groups in total. The van der Waals surface area contributed by atoms with Crippen molar-refractivity contribution in [2.24, 2.45) is 0 Å². The first kappa shape index (κ1) is 39.3. The molecule has 0 radical (unpaired) electrons. The van der Waals surface area contributed by atoms with E-state index in [0.717, 1.165) is 0 Å². The Morgan fingerprint density at radius 2 is 0.469 bits per heavy atom. The maximum Gasteiger partial charge on any atom is 3.00 e. The van der Waals surface area contributed by atoms with Gasteiger partial charge in [-0.3, -0.25) is 13.7 Å². The zero-order valence-electron chi connectivity index (χ0n) is 25.9. The molecular weight excluding hydrogens is 696 g/mol. The van der Waals surface area contributed by atoms with Crippen molar-refractivity contribution >= 4 is 56.1 Å². The number of para-hydroxylation sites is 3. The summed E-state index contributed by atoms with van der Waals surface area (Å²) in [4.78, 5) is 35.4. The predicted molar refractivity (Wildman–Crippen MR) is 188 cm³/mol. The first-order chi connectivity index (χ1) is 23.1. The Kier molecular flexibility index (Phi) is 15.3. The Balaban J connectivity index is 0.000000197. The van der Waals surface area contributed by atoms with Crippen LogP contribution < -0.4 is 44.2 Å². The monoisotopic (exact) mass is 726 g/mol. The third-order valence-electron chi connectivity index (χ3n) is 6.12. The van der Waals surface area contributed by atoms with Crippen LogP contribution in [0.15, 0.2) is 182 Å². The van der Waals surface area contributed by atoms with Gasteiger partial charge in [0.05, 0.1) is 0 Å². The number of hydrogen-bond acceptors (Lipinski definition) is 9. The average molecular weight is 727 g/mol. The summed E-state index contributed by atoms with van der Waals surface area (Å²) in [5, 5.41) is 0.538. The Morgan fingerprint density at radius 3 is 0.653 bits per heavy atom. The summed E-state index contributed by atoms with van der Waals surface area (Å²) in [6.45, 7) is 0. The van der Waals surface area contributed by atoms with Crippen molar-refractivity contribution in [3.05, 3.63) is 182 Å². The van der Waals surface area contributed by atoms with E-state index in [1.54, 1.807) is 146 Å². The van der Waals surface area contributed by atoms with Gasteiger partial charge in [-0.15, -0.1) is 0 Å². The summed E-state index contributed by atoms with van der Waals surface area (Å²) in [7, 11) is -12.1. The van der Waals surface area contributed by atoms with Gasteiger partial charge in [-0.2, -0.15) is 0 Å². The molecule has 6 rings (SSSR count). The average Bonchev–Trinajstić information content (AvgIpc) is 3.11. The first-order valence-electron chi connectivity index (χ1n) is 14.4. The molecule has 0 spiro atoms. The molecule has 0 aliphatic heterocycles. The van der Waals surface area contributed by atoms with Gasteiger partial charge in [-0.05, 0) is 72.8 Å². The fraction of sp³-hybridized carbons (Fsp3) is 0. The summed E-state index contributed by atoms with van der Waals surface area (Å²) < 4.78 is 50.4. The Morgan fingerprint density at radius 1 is 0.306 bits per heavy atom. The largest absolute Gasteiger partial charge is 3.00 e. The van der Waals surface area contributed by atoms with Crippen molar-refractivity contribution < 1.29 is 41.9 Å². The quantitative estimate of drug-likeness (QED) is 0.140. The Labute approximate surface area is 296 Å². The van der Waals surface area contributed by atoms with E-state index < -0.39 is 22.8 Å². The molecule has 13 heteroatoms. The minimum absolute atomic E-state index is 0. The minimum Gasteiger partial charge on any atom is -0.765 e. The van der Waals surface area contributed by atoms with E-state index in [4.69, 9.17) is 13.6 Å². The van der Waals surface area contributed by atoms with E-state index in [2.05, 4.69) is 0 Å². The van der Waals surface area contributed by atoms with Crippen LogP contribution in [0, 0.1) is 0 Å². The van der Waals surface area contributed by atoms with Crippen molar-refractivity contribution in [1.29, 1.82) is 0 Å². The molecule has 0 aliphatic rings. The van der Waals surface area contributed by atoms with Crippen LogP contribution in [0.2, 0.25) is 0 Å². The van der Waals surface area contributed by atoms with Gasteiger partial charge in [0.25, 0.3) is 0 Å². The molecule has 0 saturated heterocycles. The third kappa shape index (κ3) is 13.0. The SMILES string of the molecule is O=P([O-])(Oc1ccccc1)c1ccccc1.O=P([O-])(Oc1ccccc1)c1ccccc1.O=P([O-])(Oc1ccccc1)c1ccccc1.[Al+3]. The van der Waals surface area contributed by atoms with E-state index in [1.807, 2.05) is 0 Å². The Hall–Kier alpha value is -4.18. The van der Waals surface area contributed by atoms with Crippen molar-refractivity contribution in [2.75, 3.05) is 0 Å². The van der Waals surface area contributed by atoms with Crippen LogP contribution in [0.25, 0.3) is 0 Å². The molecule has 0 aliphatic carbocycles. The van der Waals surface area contributed by atoms with Gasteiger partial charge in [-0.1, -0.05) is 109 Å². The number of rotatable bonds is 9. The van der Waals surface area contributed by atoms with Crippen molar-refractivity contribution in [3.63, 3.8) is 0 Å². The van der Waals surface area contributed by atoms with Gasteiger partial charge in [0.1, 0.15) is 17.2 Å². The van der Waals surface area contributed by atoms with Crippen LogP contribution in [0.3, 0.4) is 0 Å². The molecule has 246 valence electrons. The summed E-state index contributed by atoms with van der Waals surface area (Å²) in [6, 6.07) is 49.7. The van der Waals surface area contributed by atoms with E-state index in [0.29, 0.717) is 17.2 Å². The summed E-state index contributed by atoms with van der Waals surface area (Å²) in [6.07, 6.45) is 0. The number of hydrogen-bond donors (Lipinski definition) is 0.